The van der Waals surface area contributed by atoms with Gasteiger partial charge in [0.15, 0.2) is 18.9 Å². The smallest absolute Gasteiger partial charge is 0.310 e. The molecule has 0 radical (unpaired) electrons. The lowest BCUT2D eigenvalue weighted by atomic mass is 9.33. The van der Waals surface area contributed by atoms with Gasteiger partial charge in [-0.05, 0) is 104 Å². The Hall–Kier alpha value is -1.47. The normalized spacial score (nSPS) is 54.2. The Labute approximate surface area is 392 Å². The number of fused-ring (bicyclic) bond motifs is 7. The van der Waals surface area contributed by atoms with E-state index in [1.165, 1.54) is 5.57 Å². The SMILES string of the molecule is CC1(C)CCC2(C(=O)O)CCC3(C)C(=CCC4C5(C)CCC(OC6OC(CO)C(O)C(OC7OC(CO)C(O)C(OC8OC(CO)C(O)C(O)C8O)C7O)C6O)C(C)(CO)C5CCC43C)C2C1. The molecule has 0 aromatic rings. The average Bonchev–Trinajstić information content (AvgIpc) is 3.28. The molecule has 19 nitrogen and oxygen atoms in total. The van der Waals surface area contributed by atoms with Crippen LogP contribution in [0.1, 0.15) is 106 Å². The summed E-state index contributed by atoms with van der Waals surface area (Å²) in [6.07, 6.45) is -16.5. The van der Waals surface area contributed by atoms with Crippen LogP contribution in [0, 0.1) is 50.2 Å². The van der Waals surface area contributed by atoms with Crippen LogP contribution < -0.4 is 0 Å². The third-order valence-electron chi connectivity index (χ3n) is 19.5. The lowest BCUT2D eigenvalue weighted by molar-refractivity contribution is -0.385. The molecular formula is C48H78O19. The first-order valence-electron chi connectivity index (χ1n) is 24.5. The average molecular weight is 959 g/mol. The van der Waals surface area contributed by atoms with Gasteiger partial charge >= 0.3 is 5.97 Å². The van der Waals surface area contributed by atoms with Crippen molar-refractivity contribution in [3.63, 3.8) is 0 Å². The third-order valence-corrected chi connectivity index (χ3v) is 19.5. The fourth-order valence-electron chi connectivity index (χ4n) is 15.2. The van der Waals surface area contributed by atoms with Crippen LogP contribution in [0.2, 0.25) is 0 Å². The summed E-state index contributed by atoms with van der Waals surface area (Å²) < 4.78 is 35.5. The number of ether oxygens (including phenoxy) is 6. The molecule has 0 aromatic heterocycles. The number of hydrogen-bond acceptors (Lipinski definition) is 18. The van der Waals surface area contributed by atoms with Gasteiger partial charge in [0.2, 0.25) is 0 Å². The van der Waals surface area contributed by atoms with Crippen LogP contribution in [0.4, 0.5) is 0 Å². The molecule has 0 bridgehead atoms. The van der Waals surface area contributed by atoms with Gasteiger partial charge in [0.25, 0.3) is 0 Å². The summed E-state index contributed by atoms with van der Waals surface area (Å²) in [5, 5.41) is 129. The minimum absolute atomic E-state index is 0.0273. The second kappa shape index (κ2) is 18.5. The van der Waals surface area contributed by atoms with Crippen molar-refractivity contribution in [2.24, 2.45) is 50.2 Å². The maximum absolute atomic E-state index is 13.1. The number of hydrogen-bond donors (Lipinski definition) is 12. The van der Waals surface area contributed by atoms with E-state index in [2.05, 4.69) is 40.7 Å². The molecule has 3 heterocycles. The Morgan fingerprint density at radius 2 is 1.13 bits per heavy atom. The van der Waals surface area contributed by atoms with Crippen molar-refractivity contribution >= 4 is 5.97 Å². The molecule has 0 aromatic carbocycles. The van der Waals surface area contributed by atoms with Crippen LogP contribution in [0.15, 0.2) is 11.6 Å². The van der Waals surface area contributed by atoms with Crippen molar-refractivity contribution in [3.05, 3.63) is 11.6 Å². The van der Waals surface area contributed by atoms with Crippen LogP contribution in [-0.2, 0) is 33.2 Å². The molecular weight excluding hydrogens is 881 g/mol. The van der Waals surface area contributed by atoms with E-state index in [0.717, 1.165) is 38.5 Å². The van der Waals surface area contributed by atoms with Gasteiger partial charge in [-0.15, -0.1) is 0 Å². The third kappa shape index (κ3) is 8.10. The van der Waals surface area contributed by atoms with E-state index < -0.39 is 135 Å². The molecule has 4 saturated carbocycles. The number of carboxylic acid groups (broad SMARTS) is 1. The minimum Gasteiger partial charge on any atom is -0.481 e. The van der Waals surface area contributed by atoms with Gasteiger partial charge in [0.1, 0.15) is 73.2 Å². The maximum Gasteiger partial charge on any atom is 0.310 e. The molecule has 0 spiro atoms. The summed E-state index contributed by atoms with van der Waals surface area (Å²) in [7, 11) is 0. The van der Waals surface area contributed by atoms with Crippen molar-refractivity contribution in [1.29, 1.82) is 0 Å². The highest BCUT2D eigenvalue weighted by atomic mass is 16.8. The standard InChI is InChI=1S/C48H78O19/c1-43(2)13-15-48(42(60)61)16-14-46(5)22(23(48)17-43)7-8-28-44(3)11-10-29(45(4,21-52)27(44)9-12-47(28,46)6)65-40-35(58)37(31(54)25(19-50)63-40)67-41-36(59)38(32(55)26(20-51)64-41)66-39-34(57)33(56)30(53)24(18-49)62-39/h7,23-41,49-59H,8-21H2,1-6H3,(H,60,61). The molecule has 24 unspecified atom stereocenters. The first-order valence-corrected chi connectivity index (χ1v) is 24.5. The summed E-state index contributed by atoms with van der Waals surface area (Å²) >= 11 is 0. The van der Waals surface area contributed by atoms with Crippen LogP contribution in [0.3, 0.4) is 0 Å². The van der Waals surface area contributed by atoms with E-state index in [1.54, 1.807) is 0 Å². The molecule has 5 aliphatic carbocycles. The summed E-state index contributed by atoms with van der Waals surface area (Å²) in [6.45, 7) is 11.0. The molecule has 384 valence electrons. The molecule has 7 fully saturated rings. The Kier molecular flexibility index (Phi) is 14.4. The van der Waals surface area contributed by atoms with Gasteiger partial charge in [-0.1, -0.05) is 53.2 Å². The van der Waals surface area contributed by atoms with Gasteiger partial charge in [-0.3, -0.25) is 4.79 Å². The van der Waals surface area contributed by atoms with Gasteiger partial charge < -0.3 is 89.7 Å². The molecule has 67 heavy (non-hydrogen) atoms. The highest BCUT2D eigenvalue weighted by Crippen LogP contribution is 2.76. The molecule has 24 atom stereocenters. The quantitative estimate of drug-likeness (QED) is 0.0933. The van der Waals surface area contributed by atoms with Crippen molar-refractivity contribution in [2.45, 2.75) is 204 Å². The molecule has 8 rings (SSSR count). The fourth-order valence-corrected chi connectivity index (χ4v) is 15.2. The van der Waals surface area contributed by atoms with Gasteiger partial charge in [0, 0.05) is 5.41 Å². The van der Waals surface area contributed by atoms with E-state index in [9.17, 15) is 66.1 Å². The lowest BCUT2D eigenvalue weighted by Crippen LogP contribution is -2.68. The van der Waals surface area contributed by atoms with Gasteiger partial charge in [-0.2, -0.15) is 0 Å². The Morgan fingerprint density at radius 1 is 0.612 bits per heavy atom. The number of aliphatic hydroxyl groups is 11. The van der Waals surface area contributed by atoms with E-state index in [1.807, 2.05) is 6.92 Å². The zero-order chi connectivity index (χ0) is 49.0. The molecule has 0 amide bonds. The monoisotopic (exact) mass is 959 g/mol. The highest BCUT2D eigenvalue weighted by molar-refractivity contribution is 5.76. The van der Waals surface area contributed by atoms with E-state index in [4.69, 9.17) is 28.4 Å². The Balaban J connectivity index is 1.01. The van der Waals surface area contributed by atoms with Crippen molar-refractivity contribution < 1.29 is 94.5 Å². The van der Waals surface area contributed by atoms with Crippen molar-refractivity contribution in [2.75, 3.05) is 26.4 Å². The number of carboxylic acids is 1. The predicted octanol–water partition coefficient (Wildman–Crippen LogP) is -0.321. The number of carbonyl (C=O) groups is 1. The minimum atomic E-state index is -1.97. The van der Waals surface area contributed by atoms with Gasteiger partial charge in [-0.25, -0.2) is 0 Å². The summed E-state index contributed by atoms with van der Waals surface area (Å²) in [4.78, 5) is 13.1. The Morgan fingerprint density at radius 3 is 1.67 bits per heavy atom. The van der Waals surface area contributed by atoms with Crippen LogP contribution in [0.25, 0.3) is 0 Å². The number of allylic oxidation sites excluding steroid dienone is 2. The maximum atomic E-state index is 13.1. The van der Waals surface area contributed by atoms with Crippen LogP contribution >= 0.6 is 0 Å². The molecule has 3 saturated heterocycles. The molecule has 12 N–H and O–H groups in total. The van der Waals surface area contributed by atoms with E-state index in [0.29, 0.717) is 25.7 Å². The fraction of sp³-hybridized carbons (Fsp3) is 0.938. The van der Waals surface area contributed by atoms with Crippen molar-refractivity contribution in [3.8, 4) is 0 Å². The second-order valence-corrected chi connectivity index (χ2v) is 23.3. The highest BCUT2D eigenvalue weighted by Gasteiger charge is 2.70. The van der Waals surface area contributed by atoms with Crippen molar-refractivity contribution in [1.82, 2.24) is 0 Å². The summed E-state index contributed by atoms with van der Waals surface area (Å²) in [5.41, 5.74) is -0.868. The summed E-state index contributed by atoms with van der Waals surface area (Å²) in [6, 6.07) is 0. The lowest BCUT2D eigenvalue weighted by Gasteiger charge is -2.71. The van der Waals surface area contributed by atoms with Crippen LogP contribution in [0.5, 0.6) is 0 Å². The van der Waals surface area contributed by atoms with E-state index >= 15 is 0 Å². The number of aliphatic carboxylic acids is 1. The molecule has 3 aliphatic heterocycles. The predicted molar refractivity (Wildman–Crippen MR) is 232 cm³/mol. The largest absolute Gasteiger partial charge is 0.481 e. The first kappa shape index (κ1) is 51.9. The first-order chi connectivity index (χ1) is 31.4. The molecule has 19 heteroatoms. The van der Waals surface area contributed by atoms with Gasteiger partial charge in [0.05, 0.1) is 37.9 Å². The topological polar surface area (TPSA) is 315 Å². The zero-order valence-corrected chi connectivity index (χ0v) is 39.7. The second-order valence-electron chi connectivity index (χ2n) is 23.3. The summed E-state index contributed by atoms with van der Waals surface area (Å²) in [5.74, 6) is -0.533. The van der Waals surface area contributed by atoms with E-state index in [-0.39, 0.29) is 46.0 Å². The zero-order valence-electron chi connectivity index (χ0n) is 39.7. The molecule has 8 aliphatic rings. The number of aliphatic hydroxyl groups excluding tert-OH is 11. The Bertz CT molecular complexity index is 1820. The van der Waals surface area contributed by atoms with Crippen LogP contribution in [-0.4, -0.2) is 192 Å². The number of rotatable bonds is 11.